The third-order valence-corrected chi connectivity index (χ3v) is 3.39. The number of hydrogen-bond acceptors (Lipinski definition) is 3. The molecule has 2 heterocycles. The molecular formula is C17H11ClFN3O. The van der Waals surface area contributed by atoms with Gasteiger partial charge in [-0.25, -0.2) is 9.37 Å². The van der Waals surface area contributed by atoms with Gasteiger partial charge in [-0.05, 0) is 36.4 Å². The first-order valence-corrected chi connectivity index (χ1v) is 7.15. The van der Waals surface area contributed by atoms with Gasteiger partial charge < -0.3 is 5.32 Å². The molecule has 1 aromatic carbocycles. The lowest BCUT2D eigenvalue weighted by Crippen LogP contribution is -2.11. The van der Waals surface area contributed by atoms with Gasteiger partial charge in [0.05, 0.1) is 11.9 Å². The van der Waals surface area contributed by atoms with E-state index in [0.717, 1.165) is 0 Å². The Morgan fingerprint density at radius 1 is 1.04 bits per heavy atom. The Hall–Kier alpha value is -2.79. The molecule has 1 N–H and O–H groups in total. The number of aromatic nitrogens is 2. The summed E-state index contributed by atoms with van der Waals surface area (Å²) in [6, 6.07) is 12.7. The number of nitrogens with zero attached hydrogens (tertiary/aromatic N) is 2. The molecule has 0 bridgehead atoms. The number of pyridine rings is 2. The van der Waals surface area contributed by atoms with E-state index in [1.54, 1.807) is 36.4 Å². The molecule has 3 aromatic rings. The highest BCUT2D eigenvalue weighted by atomic mass is 35.5. The molecule has 0 saturated heterocycles. The Morgan fingerprint density at radius 3 is 2.48 bits per heavy atom. The molecule has 0 saturated carbocycles. The number of halogens is 2. The highest BCUT2D eigenvalue weighted by Gasteiger charge is 2.09. The van der Waals surface area contributed by atoms with E-state index < -0.39 is 5.82 Å². The predicted molar refractivity (Wildman–Crippen MR) is 86.8 cm³/mol. The van der Waals surface area contributed by atoms with Crippen molar-refractivity contribution in [2.45, 2.75) is 0 Å². The largest absolute Gasteiger partial charge is 0.321 e. The summed E-state index contributed by atoms with van der Waals surface area (Å²) in [6.07, 6.45) is 2.99. The van der Waals surface area contributed by atoms with Crippen LogP contribution in [-0.4, -0.2) is 15.9 Å². The van der Waals surface area contributed by atoms with Crippen molar-refractivity contribution in [1.82, 2.24) is 9.97 Å². The zero-order chi connectivity index (χ0) is 16.2. The zero-order valence-corrected chi connectivity index (χ0v) is 12.6. The van der Waals surface area contributed by atoms with Crippen LogP contribution in [0.25, 0.3) is 11.3 Å². The first-order chi connectivity index (χ1) is 11.1. The number of anilines is 1. The standard InChI is InChI=1S/C17H11ClFN3O/c18-15-8-7-13(10-21-15)22-17(23)12-5-3-11(4-6-12)16-14(19)2-1-9-20-16/h1-10H,(H,22,23). The first-order valence-electron chi connectivity index (χ1n) is 6.77. The molecule has 0 aliphatic rings. The molecular weight excluding hydrogens is 317 g/mol. The Labute approximate surface area is 137 Å². The first kappa shape index (κ1) is 15.1. The van der Waals surface area contributed by atoms with Crippen molar-refractivity contribution < 1.29 is 9.18 Å². The van der Waals surface area contributed by atoms with E-state index in [2.05, 4.69) is 15.3 Å². The van der Waals surface area contributed by atoms with Crippen LogP contribution in [-0.2, 0) is 0 Å². The second kappa shape index (κ2) is 6.54. The zero-order valence-electron chi connectivity index (χ0n) is 11.8. The van der Waals surface area contributed by atoms with E-state index >= 15 is 0 Å². The van der Waals surface area contributed by atoms with E-state index in [1.165, 1.54) is 24.5 Å². The topological polar surface area (TPSA) is 54.9 Å². The fourth-order valence-corrected chi connectivity index (χ4v) is 2.14. The molecule has 0 aliphatic heterocycles. The van der Waals surface area contributed by atoms with Gasteiger partial charge in [-0.2, -0.15) is 0 Å². The molecule has 0 atom stereocenters. The lowest BCUT2D eigenvalue weighted by atomic mass is 10.1. The predicted octanol–water partition coefficient (Wildman–Crippen LogP) is 4.19. The summed E-state index contributed by atoms with van der Waals surface area (Å²) >= 11 is 5.69. The number of benzene rings is 1. The van der Waals surface area contributed by atoms with Crippen LogP contribution in [0.15, 0.2) is 60.9 Å². The Balaban J connectivity index is 1.78. The molecule has 0 radical (unpaired) electrons. The summed E-state index contributed by atoms with van der Waals surface area (Å²) in [5, 5.41) is 3.06. The lowest BCUT2D eigenvalue weighted by Gasteiger charge is -2.06. The molecule has 0 aliphatic carbocycles. The number of hydrogen-bond donors (Lipinski definition) is 1. The minimum absolute atomic E-state index is 0.251. The van der Waals surface area contributed by atoms with E-state index in [4.69, 9.17) is 11.6 Å². The number of amides is 1. The van der Waals surface area contributed by atoms with Crippen LogP contribution >= 0.6 is 11.6 Å². The number of carbonyl (C=O) groups excluding carboxylic acids is 1. The van der Waals surface area contributed by atoms with E-state index in [-0.39, 0.29) is 11.6 Å². The molecule has 23 heavy (non-hydrogen) atoms. The maximum atomic E-state index is 13.7. The van der Waals surface area contributed by atoms with Gasteiger partial charge in [0.2, 0.25) is 0 Å². The van der Waals surface area contributed by atoms with Gasteiger partial charge in [0.1, 0.15) is 16.7 Å². The quantitative estimate of drug-likeness (QED) is 0.734. The summed E-state index contributed by atoms with van der Waals surface area (Å²) < 4.78 is 13.7. The minimum atomic E-state index is -0.406. The van der Waals surface area contributed by atoms with E-state index in [0.29, 0.717) is 22.0 Å². The monoisotopic (exact) mass is 327 g/mol. The highest BCUT2D eigenvalue weighted by Crippen LogP contribution is 2.20. The number of carbonyl (C=O) groups is 1. The van der Waals surface area contributed by atoms with Crippen LogP contribution in [0.1, 0.15) is 10.4 Å². The van der Waals surface area contributed by atoms with Crippen molar-refractivity contribution in [3.8, 4) is 11.3 Å². The molecule has 0 fully saturated rings. The fourth-order valence-electron chi connectivity index (χ4n) is 2.03. The summed E-state index contributed by atoms with van der Waals surface area (Å²) in [5.74, 6) is -0.695. The van der Waals surface area contributed by atoms with Gasteiger partial charge in [0, 0.05) is 17.3 Å². The molecule has 3 rings (SSSR count). The van der Waals surface area contributed by atoms with Crippen molar-refractivity contribution >= 4 is 23.2 Å². The van der Waals surface area contributed by atoms with E-state index in [1.807, 2.05) is 0 Å². The third-order valence-electron chi connectivity index (χ3n) is 3.16. The summed E-state index contributed by atoms with van der Waals surface area (Å²) in [7, 11) is 0. The maximum Gasteiger partial charge on any atom is 0.255 e. The van der Waals surface area contributed by atoms with Crippen molar-refractivity contribution in [1.29, 1.82) is 0 Å². The van der Waals surface area contributed by atoms with Crippen molar-refractivity contribution in [3.05, 3.63) is 77.5 Å². The molecule has 114 valence electrons. The van der Waals surface area contributed by atoms with Crippen molar-refractivity contribution in [2.24, 2.45) is 0 Å². The Bertz CT molecular complexity index is 835. The van der Waals surface area contributed by atoms with Crippen LogP contribution in [0.2, 0.25) is 5.15 Å². The molecule has 4 nitrogen and oxygen atoms in total. The van der Waals surface area contributed by atoms with Crippen LogP contribution in [0, 0.1) is 5.82 Å². The molecule has 0 unspecified atom stereocenters. The molecule has 1 amide bonds. The van der Waals surface area contributed by atoms with Gasteiger partial charge in [0.15, 0.2) is 0 Å². The minimum Gasteiger partial charge on any atom is -0.321 e. The Kier molecular flexibility index (Phi) is 4.30. The van der Waals surface area contributed by atoms with Crippen molar-refractivity contribution in [2.75, 3.05) is 5.32 Å². The fraction of sp³-hybridized carbons (Fsp3) is 0. The average Bonchev–Trinajstić information content (AvgIpc) is 2.57. The van der Waals surface area contributed by atoms with Crippen molar-refractivity contribution in [3.63, 3.8) is 0 Å². The van der Waals surface area contributed by atoms with Crippen LogP contribution < -0.4 is 5.32 Å². The van der Waals surface area contributed by atoms with Gasteiger partial charge in [-0.1, -0.05) is 23.7 Å². The summed E-state index contributed by atoms with van der Waals surface area (Å²) in [5.41, 5.74) is 1.84. The van der Waals surface area contributed by atoms with Crippen LogP contribution in [0.3, 0.4) is 0 Å². The molecule has 6 heteroatoms. The second-order valence-electron chi connectivity index (χ2n) is 4.73. The second-order valence-corrected chi connectivity index (χ2v) is 5.12. The van der Waals surface area contributed by atoms with Gasteiger partial charge in [0.25, 0.3) is 5.91 Å². The number of nitrogens with one attached hydrogen (secondary N) is 1. The molecule has 2 aromatic heterocycles. The Morgan fingerprint density at radius 2 is 1.83 bits per heavy atom. The maximum absolute atomic E-state index is 13.7. The smallest absolute Gasteiger partial charge is 0.255 e. The van der Waals surface area contributed by atoms with E-state index in [9.17, 15) is 9.18 Å². The summed E-state index contributed by atoms with van der Waals surface area (Å²) in [6.45, 7) is 0. The SMILES string of the molecule is O=C(Nc1ccc(Cl)nc1)c1ccc(-c2ncccc2F)cc1. The highest BCUT2D eigenvalue weighted by molar-refractivity contribution is 6.29. The number of rotatable bonds is 3. The molecule has 0 spiro atoms. The summed E-state index contributed by atoms with van der Waals surface area (Å²) in [4.78, 5) is 20.0. The normalized spacial score (nSPS) is 10.3. The van der Waals surface area contributed by atoms with Gasteiger partial charge >= 0.3 is 0 Å². The van der Waals surface area contributed by atoms with Crippen LogP contribution in [0.5, 0.6) is 0 Å². The van der Waals surface area contributed by atoms with Crippen LogP contribution in [0.4, 0.5) is 10.1 Å². The van der Waals surface area contributed by atoms with Gasteiger partial charge in [-0.15, -0.1) is 0 Å². The van der Waals surface area contributed by atoms with Gasteiger partial charge in [-0.3, -0.25) is 9.78 Å². The average molecular weight is 328 g/mol. The third kappa shape index (κ3) is 3.52. The lowest BCUT2D eigenvalue weighted by molar-refractivity contribution is 0.102.